The monoisotopic (exact) mass is 475 g/mol. The predicted octanol–water partition coefficient (Wildman–Crippen LogP) is 6.69. The highest BCUT2D eigenvalue weighted by Gasteiger charge is 2.19. The van der Waals surface area contributed by atoms with Gasteiger partial charge < -0.3 is 15.2 Å². The van der Waals surface area contributed by atoms with Crippen molar-refractivity contribution >= 4 is 17.3 Å². The van der Waals surface area contributed by atoms with Crippen LogP contribution in [0.1, 0.15) is 11.1 Å². The second-order valence-corrected chi connectivity index (χ2v) is 8.07. The molecule has 0 aliphatic heterocycles. The Bertz CT molecular complexity index is 1370. The molecule has 1 heterocycles. The van der Waals surface area contributed by atoms with Gasteiger partial charge in [-0.3, -0.25) is 4.90 Å². The van der Waals surface area contributed by atoms with Crippen molar-refractivity contribution in [3.8, 4) is 23.5 Å². The highest BCUT2D eigenvalue weighted by Crippen LogP contribution is 2.34. The van der Waals surface area contributed by atoms with Gasteiger partial charge in [0, 0.05) is 17.9 Å². The second kappa shape index (κ2) is 10.7. The van der Waals surface area contributed by atoms with Gasteiger partial charge in [0.1, 0.15) is 11.5 Å². The average molecular weight is 476 g/mol. The Labute approximate surface area is 209 Å². The largest absolute Gasteiger partial charge is 0.424 e. The highest BCUT2D eigenvalue weighted by molar-refractivity contribution is 5.72. The third-order valence-electron chi connectivity index (χ3n) is 5.41. The van der Waals surface area contributed by atoms with Crippen LogP contribution in [0.2, 0.25) is 0 Å². The highest BCUT2D eigenvalue weighted by atomic mass is 16.5. The Morgan fingerprint density at radius 3 is 1.56 bits per heavy atom. The molecular weight excluding hydrogens is 450 g/mol. The summed E-state index contributed by atoms with van der Waals surface area (Å²) in [6.07, 6.45) is 0. The molecule has 0 aliphatic rings. The molecule has 4 aromatic carbocycles. The zero-order chi connectivity index (χ0) is 24.7. The number of para-hydroxylation sites is 2. The number of hydrogen-bond acceptors (Lipinski definition) is 7. The van der Waals surface area contributed by atoms with E-state index in [2.05, 4.69) is 15.0 Å². The molecule has 7 heteroatoms. The molecule has 0 fully saturated rings. The van der Waals surface area contributed by atoms with Gasteiger partial charge in [0.05, 0.1) is 0 Å². The Balaban J connectivity index is 1.59. The smallest absolute Gasteiger partial charge is 0.330 e. The van der Waals surface area contributed by atoms with Crippen LogP contribution in [-0.4, -0.2) is 15.0 Å². The topological polar surface area (TPSA) is 86.4 Å². The van der Waals surface area contributed by atoms with Gasteiger partial charge in [-0.1, -0.05) is 66.2 Å². The molecule has 0 unspecified atom stereocenters. The molecule has 0 spiro atoms. The number of aromatic nitrogens is 3. The van der Waals surface area contributed by atoms with E-state index in [1.165, 1.54) is 0 Å². The van der Waals surface area contributed by atoms with Crippen LogP contribution in [-0.2, 0) is 6.54 Å². The fraction of sp³-hybridized carbons (Fsp3) is 0.0690. The van der Waals surface area contributed by atoms with Gasteiger partial charge in [0.25, 0.3) is 0 Å². The quantitative estimate of drug-likeness (QED) is 0.267. The minimum absolute atomic E-state index is 0.111. The molecule has 178 valence electrons. The van der Waals surface area contributed by atoms with Crippen LogP contribution in [0.5, 0.6) is 23.5 Å². The van der Waals surface area contributed by atoms with Gasteiger partial charge in [-0.05, 0) is 61.0 Å². The van der Waals surface area contributed by atoms with Gasteiger partial charge in [0.2, 0.25) is 5.95 Å². The summed E-state index contributed by atoms with van der Waals surface area (Å²) in [5.41, 5.74) is 9.62. The number of ether oxygens (including phenoxy) is 2. The van der Waals surface area contributed by atoms with Crippen molar-refractivity contribution in [1.82, 2.24) is 15.0 Å². The van der Waals surface area contributed by atoms with Gasteiger partial charge in [0.15, 0.2) is 0 Å². The number of rotatable bonds is 8. The molecule has 0 radical (unpaired) electrons. The van der Waals surface area contributed by atoms with Crippen LogP contribution in [0, 0.1) is 6.92 Å². The van der Waals surface area contributed by atoms with Crippen LogP contribution in [0.25, 0.3) is 0 Å². The SMILES string of the molecule is Cc1ccc(Oc2nc(Oc3ccc(CN)cc3)nc(N(c3ccccc3)c3ccccc3)n2)cc1. The molecule has 0 bridgehead atoms. The Kier molecular flexibility index (Phi) is 6.82. The number of hydrogen-bond donors (Lipinski definition) is 1. The molecule has 0 saturated heterocycles. The summed E-state index contributed by atoms with van der Waals surface area (Å²) < 4.78 is 12.1. The van der Waals surface area contributed by atoms with Gasteiger partial charge in [-0.2, -0.15) is 9.97 Å². The lowest BCUT2D eigenvalue weighted by atomic mass is 10.2. The van der Waals surface area contributed by atoms with E-state index >= 15 is 0 Å². The number of anilines is 3. The molecule has 2 N–H and O–H groups in total. The second-order valence-electron chi connectivity index (χ2n) is 8.07. The maximum absolute atomic E-state index is 6.03. The van der Waals surface area contributed by atoms with E-state index in [-0.39, 0.29) is 12.0 Å². The van der Waals surface area contributed by atoms with Crippen molar-refractivity contribution in [3.63, 3.8) is 0 Å². The minimum atomic E-state index is 0.111. The summed E-state index contributed by atoms with van der Waals surface area (Å²) >= 11 is 0. The minimum Gasteiger partial charge on any atom is -0.424 e. The molecule has 36 heavy (non-hydrogen) atoms. The first-order chi connectivity index (χ1) is 17.7. The van der Waals surface area contributed by atoms with E-state index in [0.29, 0.717) is 24.0 Å². The number of nitrogens with two attached hydrogens (primary N) is 1. The van der Waals surface area contributed by atoms with Crippen molar-refractivity contribution in [2.45, 2.75) is 13.5 Å². The van der Waals surface area contributed by atoms with E-state index in [0.717, 1.165) is 22.5 Å². The zero-order valence-corrected chi connectivity index (χ0v) is 19.8. The molecule has 0 aliphatic carbocycles. The normalized spacial score (nSPS) is 10.6. The lowest BCUT2D eigenvalue weighted by Gasteiger charge is -2.23. The molecule has 0 amide bonds. The summed E-state index contributed by atoms with van der Waals surface area (Å²) in [5.74, 6) is 1.55. The standard InChI is InChI=1S/C29H25N5O2/c1-21-12-16-25(17-13-21)35-28-31-27(32-29(33-28)36-26-18-14-22(20-30)15-19-26)34(23-8-4-2-5-9-23)24-10-6-3-7-11-24/h2-19H,20,30H2,1H3. The summed E-state index contributed by atoms with van der Waals surface area (Å²) in [7, 11) is 0. The first kappa shape index (κ1) is 23.0. The van der Waals surface area contributed by atoms with Crippen LogP contribution < -0.4 is 20.1 Å². The first-order valence-corrected chi connectivity index (χ1v) is 11.6. The molecule has 1 aromatic heterocycles. The fourth-order valence-corrected chi connectivity index (χ4v) is 3.56. The van der Waals surface area contributed by atoms with Crippen molar-refractivity contribution in [2.24, 2.45) is 5.73 Å². The Morgan fingerprint density at radius 1 is 0.611 bits per heavy atom. The molecular formula is C29H25N5O2. The fourth-order valence-electron chi connectivity index (χ4n) is 3.56. The lowest BCUT2D eigenvalue weighted by Crippen LogP contribution is -2.14. The number of aryl methyl sites for hydroxylation is 1. The Morgan fingerprint density at radius 2 is 1.08 bits per heavy atom. The van der Waals surface area contributed by atoms with Crippen molar-refractivity contribution in [1.29, 1.82) is 0 Å². The molecule has 5 aromatic rings. The third kappa shape index (κ3) is 5.48. The third-order valence-corrected chi connectivity index (χ3v) is 5.41. The number of nitrogens with zero attached hydrogens (tertiary/aromatic N) is 4. The first-order valence-electron chi connectivity index (χ1n) is 11.6. The zero-order valence-electron chi connectivity index (χ0n) is 19.8. The lowest BCUT2D eigenvalue weighted by molar-refractivity contribution is 0.398. The molecule has 7 nitrogen and oxygen atoms in total. The predicted molar refractivity (Wildman–Crippen MR) is 140 cm³/mol. The van der Waals surface area contributed by atoms with Crippen LogP contribution in [0.3, 0.4) is 0 Å². The maximum Gasteiger partial charge on any atom is 0.330 e. The summed E-state index contributed by atoms with van der Waals surface area (Å²) in [6, 6.07) is 35.1. The van der Waals surface area contributed by atoms with Crippen LogP contribution >= 0.6 is 0 Å². The van der Waals surface area contributed by atoms with Crippen molar-refractivity contribution < 1.29 is 9.47 Å². The van der Waals surface area contributed by atoms with E-state index in [1.807, 2.05) is 121 Å². The molecule has 0 saturated carbocycles. The van der Waals surface area contributed by atoms with E-state index < -0.39 is 0 Å². The number of benzene rings is 4. The summed E-state index contributed by atoms with van der Waals surface area (Å²) in [6.45, 7) is 2.47. The van der Waals surface area contributed by atoms with Gasteiger partial charge in [-0.25, -0.2) is 0 Å². The van der Waals surface area contributed by atoms with Gasteiger partial charge >= 0.3 is 12.0 Å². The molecule has 5 rings (SSSR count). The van der Waals surface area contributed by atoms with Crippen molar-refractivity contribution in [2.75, 3.05) is 4.90 Å². The summed E-state index contributed by atoms with van der Waals surface area (Å²) in [5, 5.41) is 0. The molecule has 0 atom stereocenters. The maximum atomic E-state index is 6.03. The van der Waals surface area contributed by atoms with Crippen LogP contribution in [0.15, 0.2) is 109 Å². The van der Waals surface area contributed by atoms with Crippen LogP contribution in [0.4, 0.5) is 17.3 Å². The van der Waals surface area contributed by atoms with Crippen molar-refractivity contribution in [3.05, 3.63) is 120 Å². The van der Waals surface area contributed by atoms with E-state index in [1.54, 1.807) is 0 Å². The van der Waals surface area contributed by atoms with E-state index in [9.17, 15) is 0 Å². The Hall–Kier alpha value is -4.75. The average Bonchev–Trinajstić information content (AvgIpc) is 2.92. The van der Waals surface area contributed by atoms with E-state index in [4.69, 9.17) is 15.2 Å². The van der Waals surface area contributed by atoms with Gasteiger partial charge in [-0.15, -0.1) is 4.98 Å². The summed E-state index contributed by atoms with van der Waals surface area (Å²) in [4.78, 5) is 15.7.